The van der Waals surface area contributed by atoms with Gasteiger partial charge in [-0.1, -0.05) is 30.3 Å². The van der Waals surface area contributed by atoms with Gasteiger partial charge < -0.3 is 9.47 Å². The molecule has 0 bridgehead atoms. The molecule has 0 aromatic heterocycles. The van der Waals surface area contributed by atoms with Crippen LogP contribution in [0.1, 0.15) is 33.3 Å². The third-order valence-electron chi connectivity index (χ3n) is 3.47. The number of ether oxygens (including phenoxy) is 2. The summed E-state index contributed by atoms with van der Waals surface area (Å²) in [7, 11) is 0. The molecule has 0 spiro atoms. The number of rotatable bonds is 7. The summed E-state index contributed by atoms with van der Waals surface area (Å²) in [6.07, 6.45) is 1.10. The van der Waals surface area contributed by atoms with Crippen LogP contribution in [0.3, 0.4) is 0 Å². The van der Waals surface area contributed by atoms with Gasteiger partial charge in [0, 0.05) is 19.1 Å². The summed E-state index contributed by atoms with van der Waals surface area (Å²) in [6, 6.07) is 10.1. The lowest BCUT2D eigenvalue weighted by atomic mass is 10.2. The molecule has 24 heavy (non-hydrogen) atoms. The lowest BCUT2D eigenvalue weighted by Gasteiger charge is -2.12. The van der Waals surface area contributed by atoms with Gasteiger partial charge in [-0.2, -0.15) is 0 Å². The number of benzene rings is 1. The first-order valence-corrected chi connectivity index (χ1v) is 8.28. The van der Waals surface area contributed by atoms with Crippen molar-refractivity contribution in [1.29, 1.82) is 0 Å². The SMILES string of the molecule is CC(C)OC(=O)C(=CC1CN1Cc1ccccc1)C(=O)OC(C)C. The highest BCUT2D eigenvalue weighted by molar-refractivity contribution is 6.14. The van der Waals surface area contributed by atoms with Crippen molar-refractivity contribution in [2.45, 2.75) is 52.5 Å². The van der Waals surface area contributed by atoms with E-state index in [4.69, 9.17) is 9.47 Å². The van der Waals surface area contributed by atoms with E-state index in [1.54, 1.807) is 33.8 Å². The highest BCUT2D eigenvalue weighted by atomic mass is 16.6. The maximum absolute atomic E-state index is 12.2. The van der Waals surface area contributed by atoms with E-state index in [1.165, 1.54) is 5.56 Å². The molecule has 1 aliphatic rings. The predicted octanol–water partition coefficient (Wildman–Crippen LogP) is 2.70. The normalized spacial score (nSPS) is 19.1. The topological polar surface area (TPSA) is 55.6 Å². The lowest BCUT2D eigenvalue weighted by molar-refractivity contribution is -0.151. The Morgan fingerprint density at radius 2 is 1.62 bits per heavy atom. The summed E-state index contributed by atoms with van der Waals surface area (Å²) in [5, 5.41) is 0. The minimum Gasteiger partial charge on any atom is -0.459 e. The van der Waals surface area contributed by atoms with Gasteiger partial charge in [0.25, 0.3) is 0 Å². The lowest BCUT2D eigenvalue weighted by Crippen LogP contribution is -2.23. The molecule has 1 aromatic carbocycles. The van der Waals surface area contributed by atoms with Crippen molar-refractivity contribution >= 4 is 11.9 Å². The fourth-order valence-electron chi connectivity index (χ4n) is 2.32. The van der Waals surface area contributed by atoms with E-state index in [-0.39, 0.29) is 23.8 Å². The van der Waals surface area contributed by atoms with Crippen LogP contribution in [-0.4, -0.2) is 41.6 Å². The molecule has 1 fully saturated rings. The van der Waals surface area contributed by atoms with Crippen molar-refractivity contribution < 1.29 is 19.1 Å². The second kappa shape index (κ2) is 8.11. The Morgan fingerprint density at radius 1 is 1.08 bits per heavy atom. The number of hydrogen-bond donors (Lipinski definition) is 0. The van der Waals surface area contributed by atoms with E-state index < -0.39 is 11.9 Å². The number of carbonyl (C=O) groups is 2. The highest BCUT2D eigenvalue weighted by Gasteiger charge is 2.35. The molecule has 1 saturated heterocycles. The molecule has 0 N–H and O–H groups in total. The van der Waals surface area contributed by atoms with E-state index in [1.807, 2.05) is 18.2 Å². The summed E-state index contributed by atoms with van der Waals surface area (Å²) in [5.41, 5.74) is 1.18. The van der Waals surface area contributed by atoms with Gasteiger partial charge in [0.1, 0.15) is 5.57 Å². The molecule has 2 atom stereocenters. The Morgan fingerprint density at radius 3 is 2.12 bits per heavy atom. The van der Waals surface area contributed by atoms with Crippen LogP contribution >= 0.6 is 0 Å². The Kier molecular flexibility index (Phi) is 6.15. The van der Waals surface area contributed by atoms with Gasteiger partial charge >= 0.3 is 11.9 Å². The van der Waals surface area contributed by atoms with Gasteiger partial charge in [0.15, 0.2) is 0 Å². The fourth-order valence-corrected chi connectivity index (χ4v) is 2.32. The van der Waals surface area contributed by atoms with Crippen LogP contribution in [0.15, 0.2) is 42.0 Å². The molecule has 5 nitrogen and oxygen atoms in total. The zero-order valence-corrected chi connectivity index (χ0v) is 14.7. The summed E-state index contributed by atoms with van der Waals surface area (Å²) in [4.78, 5) is 26.6. The van der Waals surface area contributed by atoms with Crippen molar-refractivity contribution in [3.8, 4) is 0 Å². The standard InChI is InChI=1S/C19H25NO4/c1-13(2)23-18(21)17(19(22)24-14(3)4)10-16-12-20(16)11-15-8-6-5-7-9-15/h5-10,13-14,16H,11-12H2,1-4H3. The van der Waals surface area contributed by atoms with Crippen molar-refractivity contribution in [2.24, 2.45) is 0 Å². The van der Waals surface area contributed by atoms with Crippen molar-refractivity contribution in [3.05, 3.63) is 47.5 Å². The quantitative estimate of drug-likeness (QED) is 0.253. The van der Waals surface area contributed by atoms with Gasteiger partial charge in [-0.3, -0.25) is 4.90 Å². The Balaban J connectivity index is 2.05. The number of hydrogen-bond acceptors (Lipinski definition) is 5. The van der Waals surface area contributed by atoms with Crippen LogP contribution < -0.4 is 0 Å². The highest BCUT2D eigenvalue weighted by Crippen LogP contribution is 2.24. The minimum atomic E-state index is -0.623. The average Bonchev–Trinajstić information content (AvgIpc) is 3.22. The van der Waals surface area contributed by atoms with Crippen molar-refractivity contribution in [1.82, 2.24) is 4.90 Å². The molecule has 0 radical (unpaired) electrons. The van der Waals surface area contributed by atoms with Gasteiger partial charge in [-0.25, -0.2) is 9.59 Å². The molecule has 1 aromatic rings. The van der Waals surface area contributed by atoms with Crippen LogP contribution in [0.4, 0.5) is 0 Å². The molecular weight excluding hydrogens is 306 g/mol. The summed E-state index contributed by atoms with van der Waals surface area (Å²) < 4.78 is 10.3. The van der Waals surface area contributed by atoms with E-state index in [9.17, 15) is 9.59 Å². The van der Waals surface area contributed by atoms with Crippen LogP contribution in [0.5, 0.6) is 0 Å². The maximum Gasteiger partial charge on any atom is 0.345 e. The van der Waals surface area contributed by atoms with Gasteiger partial charge in [0.05, 0.1) is 12.2 Å². The predicted molar refractivity (Wildman–Crippen MR) is 91.2 cm³/mol. The molecule has 0 amide bonds. The molecular formula is C19H25NO4. The zero-order chi connectivity index (χ0) is 17.7. The van der Waals surface area contributed by atoms with Crippen molar-refractivity contribution in [3.63, 3.8) is 0 Å². The Hall–Kier alpha value is -2.14. The number of esters is 2. The summed E-state index contributed by atoms with van der Waals surface area (Å²) in [6.45, 7) is 8.60. The third kappa shape index (κ3) is 5.49. The summed E-state index contributed by atoms with van der Waals surface area (Å²) >= 11 is 0. The van der Waals surface area contributed by atoms with Gasteiger partial charge in [0.2, 0.25) is 0 Å². The van der Waals surface area contributed by atoms with E-state index in [0.29, 0.717) is 0 Å². The van der Waals surface area contributed by atoms with Gasteiger partial charge in [-0.05, 0) is 39.3 Å². The Labute approximate surface area is 143 Å². The van der Waals surface area contributed by atoms with Crippen LogP contribution in [-0.2, 0) is 25.6 Å². The maximum atomic E-state index is 12.2. The first kappa shape index (κ1) is 18.2. The molecule has 0 aliphatic carbocycles. The Bertz CT molecular complexity index is 583. The molecule has 2 unspecified atom stereocenters. The monoisotopic (exact) mass is 331 g/mol. The molecule has 1 aliphatic heterocycles. The van der Waals surface area contributed by atoms with Gasteiger partial charge in [-0.15, -0.1) is 0 Å². The number of nitrogens with zero attached hydrogens (tertiary/aromatic N) is 1. The van der Waals surface area contributed by atoms with E-state index in [0.717, 1.165) is 13.1 Å². The van der Waals surface area contributed by atoms with E-state index >= 15 is 0 Å². The molecule has 5 heteroatoms. The fraction of sp³-hybridized carbons (Fsp3) is 0.474. The second-order valence-corrected chi connectivity index (χ2v) is 6.47. The van der Waals surface area contributed by atoms with Crippen LogP contribution in [0.25, 0.3) is 0 Å². The summed E-state index contributed by atoms with van der Waals surface area (Å²) in [5.74, 6) is -1.25. The number of carbonyl (C=O) groups excluding carboxylic acids is 2. The first-order chi connectivity index (χ1) is 11.4. The molecule has 2 rings (SSSR count). The van der Waals surface area contributed by atoms with Crippen LogP contribution in [0, 0.1) is 0 Å². The smallest absolute Gasteiger partial charge is 0.345 e. The zero-order valence-electron chi connectivity index (χ0n) is 14.7. The molecule has 0 saturated carbocycles. The molecule has 1 heterocycles. The second-order valence-electron chi connectivity index (χ2n) is 6.47. The minimum absolute atomic E-state index is 0.0158. The van der Waals surface area contributed by atoms with E-state index in [2.05, 4.69) is 17.0 Å². The third-order valence-corrected chi connectivity index (χ3v) is 3.47. The van der Waals surface area contributed by atoms with Crippen LogP contribution in [0.2, 0.25) is 0 Å². The molecule has 130 valence electrons. The largest absolute Gasteiger partial charge is 0.459 e. The first-order valence-electron chi connectivity index (χ1n) is 8.28. The average molecular weight is 331 g/mol. The van der Waals surface area contributed by atoms with Crippen molar-refractivity contribution in [2.75, 3.05) is 6.54 Å².